The number of aromatic nitrogens is 2. The number of piperidine rings is 1. The molecule has 0 radical (unpaired) electrons. The summed E-state index contributed by atoms with van der Waals surface area (Å²) in [5.74, 6) is 2.07. The summed E-state index contributed by atoms with van der Waals surface area (Å²) >= 11 is 0. The van der Waals surface area contributed by atoms with E-state index in [2.05, 4.69) is 15.3 Å². The van der Waals surface area contributed by atoms with Crippen molar-refractivity contribution in [2.75, 3.05) is 24.7 Å². The Kier molecular flexibility index (Phi) is 5.34. The molecule has 2 aromatic rings. The Bertz CT molecular complexity index is 830. The fourth-order valence-electron chi connectivity index (χ4n) is 3.19. The molecule has 0 bridgehead atoms. The lowest BCUT2D eigenvalue weighted by atomic mass is 9.91. The Morgan fingerprint density at radius 2 is 1.96 bits per heavy atom. The van der Waals surface area contributed by atoms with Crippen molar-refractivity contribution in [3.63, 3.8) is 0 Å². The topological polar surface area (TPSA) is 75.2 Å². The maximum atomic E-state index is 11.6. The van der Waals surface area contributed by atoms with Gasteiger partial charge in [0.25, 0.3) is 0 Å². The quantitative estimate of drug-likeness (QED) is 0.887. The van der Waals surface area contributed by atoms with Gasteiger partial charge in [0.1, 0.15) is 11.6 Å². The second-order valence-electron chi connectivity index (χ2n) is 6.65. The molecule has 2 aromatic heterocycles. The highest BCUT2D eigenvalue weighted by Gasteiger charge is 2.24. The molecule has 1 aliphatic heterocycles. The molecule has 0 aliphatic carbocycles. The van der Waals surface area contributed by atoms with Crippen LogP contribution in [0.25, 0.3) is 0 Å². The van der Waals surface area contributed by atoms with Crippen LogP contribution in [0.4, 0.5) is 11.6 Å². The molecule has 1 saturated heterocycles. The van der Waals surface area contributed by atoms with Gasteiger partial charge in [-0.3, -0.25) is 0 Å². The minimum Gasteiger partial charge on any atom is -0.325 e. The Labute approximate surface area is 149 Å². The number of sulfonamides is 1. The van der Waals surface area contributed by atoms with Crippen molar-refractivity contribution in [2.45, 2.75) is 26.2 Å². The summed E-state index contributed by atoms with van der Waals surface area (Å²) in [7, 11) is -3.06. The number of nitrogens with one attached hydrogen (secondary N) is 1. The number of hydrogen-bond acceptors (Lipinski definition) is 5. The first kappa shape index (κ1) is 17.8. The van der Waals surface area contributed by atoms with Gasteiger partial charge >= 0.3 is 0 Å². The number of rotatable bonds is 5. The third-order valence-electron chi connectivity index (χ3n) is 4.54. The monoisotopic (exact) mass is 360 g/mol. The van der Waals surface area contributed by atoms with Gasteiger partial charge in [-0.05, 0) is 61.9 Å². The molecule has 3 heterocycles. The van der Waals surface area contributed by atoms with Gasteiger partial charge in [-0.1, -0.05) is 6.07 Å². The highest BCUT2D eigenvalue weighted by Crippen LogP contribution is 2.24. The minimum absolute atomic E-state index is 0.505. The zero-order chi connectivity index (χ0) is 17.9. The first-order valence-corrected chi connectivity index (χ1v) is 10.4. The van der Waals surface area contributed by atoms with Crippen molar-refractivity contribution in [1.29, 1.82) is 0 Å². The largest absolute Gasteiger partial charge is 0.325 e. The lowest BCUT2D eigenvalue weighted by molar-refractivity contribution is 0.274. The zero-order valence-corrected chi connectivity index (χ0v) is 15.5. The van der Waals surface area contributed by atoms with Crippen LogP contribution in [0.3, 0.4) is 0 Å². The third-order valence-corrected chi connectivity index (χ3v) is 5.84. The second-order valence-corrected chi connectivity index (χ2v) is 8.63. The van der Waals surface area contributed by atoms with Crippen LogP contribution in [-0.4, -0.2) is 42.0 Å². The molecular formula is C18H24N4O2S. The predicted octanol–water partition coefficient (Wildman–Crippen LogP) is 2.74. The summed E-state index contributed by atoms with van der Waals surface area (Å²) in [4.78, 5) is 8.79. The standard InChI is InChI=1S/C18H24N4O2S/c1-14-4-3-5-17(20-14)21-18-13-16(6-9-19-18)12-15-7-10-22(11-8-15)25(2,23)24/h3-6,9,13,15H,7-8,10-12H2,1-2H3,(H,19,20,21). The lowest BCUT2D eigenvalue weighted by Crippen LogP contribution is -2.38. The molecule has 6 nitrogen and oxygen atoms in total. The van der Waals surface area contributed by atoms with E-state index in [1.165, 1.54) is 11.8 Å². The van der Waals surface area contributed by atoms with Gasteiger partial charge in [0.15, 0.2) is 0 Å². The van der Waals surface area contributed by atoms with E-state index < -0.39 is 10.0 Å². The van der Waals surface area contributed by atoms with Crippen LogP contribution < -0.4 is 5.32 Å². The van der Waals surface area contributed by atoms with E-state index in [0.717, 1.165) is 36.6 Å². The van der Waals surface area contributed by atoms with E-state index in [1.54, 1.807) is 10.5 Å². The van der Waals surface area contributed by atoms with Gasteiger partial charge in [0, 0.05) is 25.0 Å². The fourth-order valence-corrected chi connectivity index (χ4v) is 4.07. The zero-order valence-electron chi connectivity index (χ0n) is 14.6. The van der Waals surface area contributed by atoms with Crippen LogP contribution in [0.15, 0.2) is 36.5 Å². The molecule has 3 rings (SSSR count). The summed E-state index contributed by atoms with van der Waals surface area (Å²) in [6.45, 7) is 3.19. The molecule has 1 fully saturated rings. The number of aryl methyl sites for hydroxylation is 1. The van der Waals surface area contributed by atoms with Crippen LogP contribution >= 0.6 is 0 Å². The number of hydrogen-bond donors (Lipinski definition) is 1. The van der Waals surface area contributed by atoms with Crippen LogP contribution in [0.2, 0.25) is 0 Å². The molecule has 7 heteroatoms. The number of pyridine rings is 2. The molecule has 25 heavy (non-hydrogen) atoms. The molecule has 134 valence electrons. The Morgan fingerprint density at radius 3 is 2.64 bits per heavy atom. The third kappa shape index (κ3) is 4.99. The van der Waals surface area contributed by atoms with Crippen molar-refractivity contribution in [2.24, 2.45) is 5.92 Å². The fraction of sp³-hybridized carbons (Fsp3) is 0.444. The van der Waals surface area contributed by atoms with Crippen LogP contribution in [0, 0.1) is 12.8 Å². The minimum atomic E-state index is -3.06. The number of nitrogens with zero attached hydrogens (tertiary/aromatic N) is 3. The molecular weight excluding hydrogens is 336 g/mol. The van der Waals surface area contributed by atoms with Gasteiger partial charge in [0.05, 0.1) is 6.26 Å². The first-order valence-electron chi connectivity index (χ1n) is 8.51. The van der Waals surface area contributed by atoms with Gasteiger partial charge in [0.2, 0.25) is 10.0 Å². The summed E-state index contributed by atoms with van der Waals surface area (Å²) in [5, 5.41) is 3.24. The Hall–Kier alpha value is -1.99. The normalized spacial score (nSPS) is 16.7. The highest BCUT2D eigenvalue weighted by molar-refractivity contribution is 7.88. The lowest BCUT2D eigenvalue weighted by Gasteiger charge is -2.30. The van der Waals surface area contributed by atoms with Gasteiger partial charge < -0.3 is 5.32 Å². The van der Waals surface area contributed by atoms with Crippen LogP contribution in [0.5, 0.6) is 0 Å². The molecule has 1 aliphatic rings. The van der Waals surface area contributed by atoms with E-state index in [9.17, 15) is 8.42 Å². The molecule has 0 unspecified atom stereocenters. The molecule has 0 spiro atoms. The van der Waals surface area contributed by atoms with Gasteiger partial charge in [-0.15, -0.1) is 0 Å². The van der Waals surface area contributed by atoms with Crippen molar-refractivity contribution in [3.05, 3.63) is 47.8 Å². The van der Waals surface area contributed by atoms with Crippen molar-refractivity contribution in [3.8, 4) is 0 Å². The van der Waals surface area contributed by atoms with E-state index in [4.69, 9.17) is 0 Å². The number of anilines is 2. The summed E-state index contributed by atoms with van der Waals surface area (Å²) in [6.07, 6.45) is 5.83. The highest BCUT2D eigenvalue weighted by atomic mass is 32.2. The molecule has 0 amide bonds. The first-order chi connectivity index (χ1) is 11.9. The summed E-state index contributed by atoms with van der Waals surface area (Å²) in [6, 6.07) is 9.91. The van der Waals surface area contributed by atoms with E-state index in [0.29, 0.717) is 19.0 Å². The maximum absolute atomic E-state index is 11.6. The SMILES string of the molecule is Cc1cccc(Nc2cc(CC3CCN(S(C)(=O)=O)CC3)ccn2)n1. The van der Waals surface area contributed by atoms with Crippen LogP contribution in [-0.2, 0) is 16.4 Å². The average molecular weight is 360 g/mol. The molecule has 0 saturated carbocycles. The predicted molar refractivity (Wildman–Crippen MR) is 99.3 cm³/mol. The maximum Gasteiger partial charge on any atom is 0.211 e. The van der Waals surface area contributed by atoms with Gasteiger partial charge in [-0.2, -0.15) is 0 Å². The second kappa shape index (κ2) is 7.49. The van der Waals surface area contributed by atoms with Crippen molar-refractivity contribution < 1.29 is 8.42 Å². The van der Waals surface area contributed by atoms with E-state index >= 15 is 0 Å². The molecule has 0 aromatic carbocycles. The van der Waals surface area contributed by atoms with Crippen molar-refractivity contribution >= 4 is 21.7 Å². The van der Waals surface area contributed by atoms with Crippen molar-refractivity contribution in [1.82, 2.24) is 14.3 Å². The van der Waals surface area contributed by atoms with E-state index in [1.807, 2.05) is 37.3 Å². The van der Waals surface area contributed by atoms with Gasteiger partial charge in [-0.25, -0.2) is 22.7 Å². The Morgan fingerprint density at radius 1 is 1.20 bits per heavy atom. The Balaban J connectivity index is 1.61. The van der Waals surface area contributed by atoms with Crippen LogP contribution in [0.1, 0.15) is 24.1 Å². The molecule has 0 atom stereocenters. The van der Waals surface area contributed by atoms with E-state index in [-0.39, 0.29) is 0 Å². The smallest absolute Gasteiger partial charge is 0.211 e. The summed E-state index contributed by atoms with van der Waals surface area (Å²) in [5.41, 5.74) is 2.17. The average Bonchev–Trinajstić information content (AvgIpc) is 2.55. The molecule has 1 N–H and O–H groups in total. The summed E-state index contributed by atoms with van der Waals surface area (Å²) < 4.78 is 24.8.